The molecular weight excluding hydrogens is 230 g/mol. The Kier molecular flexibility index (Phi) is 3.43. The van der Waals surface area contributed by atoms with Gasteiger partial charge >= 0.3 is 0 Å². The first-order chi connectivity index (χ1) is 7.94. The number of hydrogen-bond acceptors (Lipinski definition) is 7. The van der Waals surface area contributed by atoms with Gasteiger partial charge in [0.25, 0.3) is 0 Å². The number of fused-ring (bicyclic) bond motifs is 1. The zero-order chi connectivity index (χ0) is 12.7. The van der Waals surface area contributed by atoms with Crippen LogP contribution in [0.3, 0.4) is 0 Å². The third-order valence-corrected chi connectivity index (χ3v) is 2.92. The molecule has 0 bridgehead atoms. The Labute approximate surface area is 99.6 Å². The fourth-order valence-electron chi connectivity index (χ4n) is 2.31. The highest BCUT2D eigenvalue weighted by molar-refractivity contribution is 5.02. The number of rotatable bonds is 4. The minimum absolute atomic E-state index is 0.00512. The van der Waals surface area contributed by atoms with Crippen LogP contribution in [0.1, 0.15) is 13.8 Å². The van der Waals surface area contributed by atoms with Crippen LogP contribution in [0.4, 0.5) is 0 Å². The van der Waals surface area contributed by atoms with E-state index in [1.807, 2.05) is 0 Å². The SMILES string of the molecule is COOC[C@@]12OC(CN)C(O)[C@@H]1OC(C)(C)O2. The second kappa shape index (κ2) is 4.43. The van der Waals surface area contributed by atoms with Gasteiger partial charge in [0.2, 0.25) is 5.79 Å². The maximum Gasteiger partial charge on any atom is 0.228 e. The van der Waals surface area contributed by atoms with Gasteiger partial charge in [-0.25, -0.2) is 9.78 Å². The van der Waals surface area contributed by atoms with Gasteiger partial charge in [-0.2, -0.15) is 0 Å². The molecule has 2 aliphatic rings. The van der Waals surface area contributed by atoms with Crippen LogP contribution in [0.5, 0.6) is 0 Å². The van der Waals surface area contributed by atoms with Crippen molar-refractivity contribution in [2.45, 2.75) is 43.7 Å². The number of nitrogens with two attached hydrogens (primary N) is 1. The molecule has 0 spiro atoms. The molecule has 17 heavy (non-hydrogen) atoms. The van der Waals surface area contributed by atoms with Crippen LogP contribution in [0, 0.1) is 0 Å². The van der Waals surface area contributed by atoms with Crippen LogP contribution in [0.25, 0.3) is 0 Å². The van der Waals surface area contributed by atoms with E-state index in [1.54, 1.807) is 13.8 Å². The summed E-state index contributed by atoms with van der Waals surface area (Å²) in [6.07, 6.45) is -2.01. The highest BCUT2D eigenvalue weighted by Crippen LogP contribution is 2.45. The summed E-state index contributed by atoms with van der Waals surface area (Å²) in [6.45, 7) is 3.67. The van der Waals surface area contributed by atoms with Gasteiger partial charge < -0.3 is 25.1 Å². The molecule has 2 rings (SSSR count). The molecule has 4 atom stereocenters. The van der Waals surface area contributed by atoms with E-state index < -0.39 is 29.9 Å². The zero-order valence-electron chi connectivity index (χ0n) is 10.2. The van der Waals surface area contributed by atoms with Crippen molar-refractivity contribution in [1.29, 1.82) is 0 Å². The first-order valence-corrected chi connectivity index (χ1v) is 5.54. The van der Waals surface area contributed by atoms with Crippen molar-refractivity contribution in [3.05, 3.63) is 0 Å². The smallest absolute Gasteiger partial charge is 0.228 e. The molecule has 2 saturated heterocycles. The van der Waals surface area contributed by atoms with Gasteiger partial charge in [0, 0.05) is 6.54 Å². The predicted molar refractivity (Wildman–Crippen MR) is 55.7 cm³/mol. The largest absolute Gasteiger partial charge is 0.387 e. The van der Waals surface area contributed by atoms with Gasteiger partial charge in [-0.15, -0.1) is 0 Å². The lowest BCUT2D eigenvalue weighted by molar-refractivity contribution is -0.348. The molecule has 2 aliphatic heterocycles. The topological polar surface area (TPSA) is 92.4 Å². The molecule has 2 fully saturated rings. The lowest BCUT2D eigenvalue weighted by atomic mass is 10.1. The van der Waals surface area contributed by atoms with E-state index in [1.165, 1.54) is 7.11 Å². The molecule has 0 aromatic carbocycles. The Morgan fingerprint density at radius 1 is 1.35 bits per heavy atom. The van der Waals surface area contributed by atoms with Crippen molar-refractivity contribution in [2.75, 3.05) is 20.3 Å². The van der Waals surface area contributed by atoms with E-state index >= 15 is 0 Å². The molecule has 3 N–H and O–H groups in total. The summed E-state index contributed by atoms with van der Waals surface area (Å²) in [7, 11) is 1.39. The molecule has 2 heterocycles. The molecular formula is C10H19NO6. The third-order valence-electron chi connectivity index (χ3n) is 2.92. The molecule has 100 valence electrons. The first kappa shape index (κ1) is 13.2. The highest BCUT2D eigenvalue weighted by Gasteiger charge is 2.64. The molecule has 0 aromatic rings. The van der Waals surface area contributed by atoms with Crippen molar-refractivity contribution in [3.63, 3.8) is 0 Å². The van der Waals surface area contributed by atoms with E-state index in [9.17, 15) is 5.11 Å². The Bertz CT molecular complexity index is 286. The van der Waals surface area contributed by atoms with Gasteiger partial charge in [-0.3, -0.25) is 0 Å². The van der Waals surface area contributed by atoms with E-state index in [4.69, 9.17) is 24.8 Å². The van der Waals surface area contributed by atoms with Gasteiger partial charge in [-0.05, 0) is 13.8 Å². The fraction of sp³-hybridized carbons (Fsp3) is 1.00. The Hall–Kier alpha value is -0.280. The van der Waals surface area contributed by atoms with Crippen molar-refractivity contribution in [1.82, 2.24) is 0 Å². The van der Waals surface area contributed by atoms with Crippen LogP contribution < -0.4 is 5.73 Å². The van der Waals surface area contributed by atoms with Crippen LogP contribution >= 0.6 is 0 Å². The molecule has 7 nitrogen and oxygen atoms in total. The van der Waals surface area contributed by atoms with E-state index in [-0.39, 0.29) is 13.2 Å². The molecule has 0 saturated carbocycles. The lowest BCUT2D eigenvalue weighted by Gasteiger charge is -2.27. The second-order valence-electron chi connectivity index (χ2n) is 4.66. The van der Waals surface area contributed by atoms with E-state index in [0.717, 1.165) is 0 Å². The summed E-state index contributed by atoms with van der Waals surface area (Å²) in [5, 5.41) is 10.0. The van der Waals surface area contributed by atoms with Gasteiger partial charge in [0.1, 0.15) is 24.9 Å². The Balaban J connectivity index is 2.18. The number of ether oxygens (including phenoxy) is 3. The quantitative estimate of drug-likeness (QED) is 0.494. The first-order valence-electron chi connectivity index (χ1n) is 5.54. The Morgan fingerprint density at radius 2 is 2.06 bits per heavy atom. The monoisotopic (exact) mass is 249 g/mol. The number of aliphatic hydroxyl groups is 1. The summed E-state index contributed by atoms with van der Waals surface area (Å²) in [4.78, 5) is 9.43. The summed E-state index contributed by atoms with van der Waals surface area (Å²) in [6, 6.07) is 0. The minimum atomic E-state index is -1.16. The van der Waals surface area contributed by atoms with Gasteiger partial charge in [0.05, 0.1) is 7.11 Å². The molecule has 7 heteroatoms. The van der Waals surface area contributed by atoms with E-state index in [2.05, 4.69) is 4.89 Å². The molecule has 0 radical (unpaired) electrons. The van der Waals surface area contributed by atoms with Crippen molar-refractivity contribution >= 4 is 0 Å². The van der Waals surface area contributed by atoms with E-state index in [0.29, 0.717) is 0 Å². The van der Waals surface area contributed by atoms with Crippen molar-refractivity contribution in [2.24, 2.45) is 5.73 Å². The predicted octanol–water partition coefficient (Wildman–Crippen LogP) is -0.869. The highest BCUT2D eigenvalue weighted by atomic mass is 17.2. The molecule has 0 aliphatic carbocycles. The summed E-state index contributed by atoms with van der Waals surface area (Å²) in [5.74, 6) is -2.01. The zero-order valence-corrected chi connectivity index (χ0v) is 10.2. The maximum absolute atomic E-state index is 10.0. The van der Waals surface area contributed by atoms with Crippen molar-refractivity contribution in [3.8, 4) is 0 Å². The minimum Gasteiger partial charge on any atom is -0.387 e. The van der Waals surface area contributed by atoms with Crippen LogP contribution in [0.2, 0.25) is 0 Å². The average Bonchev–Trinajstić information content (AvgIpc) is 2.66. The number of hydrogen-bond donors (Lipinski definition) is 2. The molecule has 0 aromatic heterocycles. The molecule has 2 unspecified atom stereocenters. The standard InChI is InChI=1S/C10H19NO6/c1-9(2)16-8-7(12)6(4-11)15-10(8,17-9)5-14-13-3/h6-8,12H,4-5,11H2,1-3H3/t6?,7?,8-,10-/m0/s1. The third kappa shape index (κ3) is 2.19. The van der Waals surface area contributed by atoms with Crippen molar-refractivity contribution < 1.29 is 29.1 Å². The van der Waals surface area contributed by atoms with Crippen LogP contribution in [-0.2, 0) is 24.0 Å². The fourth-order valence-corrected chi connectivity index (χ4v) is 2.31. The molecule has 0 amide bonds. The van der Waals surface area contributed by atoms with Gasteiger partial charge in [0.15, 0.2) is 5.79 Å². The second-order valence-corrected chi connectivity index (χ2v) is 4.66. The summed E-state index contributed by atoms with van der Waals surface area (Å²) >= 11 is 0. The normalized spacial score (nSPS) is 43.9. The van der Waals surface area contributed by atoms with Gasteiger partial charge in [-0.1, -0.05) is 0 Å². The maximum atomic E-state index is 10.0. The van der Waals surface area contributed by atoms with Crippen LogP contribution in [-0.4, -0.2) is 55.3 Å². The van der Waals surface area contributed by atoms with Crippen LogP contribution in [0.15, 0.2) is 0 Å². The number of aliphatic hydroxyl groups excluding tert-OH is 1. The Morgan fingerprint density at radius 3 is 2.65 bits per heavy atom. The lowest BCUT2D eigenvalue weighted by Crippen LogP contribution is -2.44. The summed E-state index contributed by atoms with van der Waals surface area (Å²) in [5.41, 5.74) is 5.51. The summed E-state index contributed by atoms with van der Waals surface area (Å²) < 4.78 is 17.0. The average molecular weight is 249 g/mol.